The van der Waals surface area contributed by atoms with Crippen LogP contribution in [0.1, 0.15) is 40.5 Å². The van der Waals surface area contributed by atoms with Gasteiger partial charge < -0.3 is 20.5 Å². The van der Waals surface area contributed by atoms with E-state index in [0.29, 0.717) is 13.2 Å². The van der Waals surface area contributed by atoms with Crippen molar-refractivity contribution in [2.45, 2.75) is 52.1 Å². The summed E-state index contributed by atoms with van der Waals surface area (Å²) in [5.41, 5.74) is -0.872. The van der Waals surface area contributed by atoms with Crippen molar-refractivity contribution < 1.29 is 19.4 Å². The topological polar surface area (TPSA) is 87.7 Å². The molecule has 6 nitrogen and oxygen atoms in total. The Hall–Kier alpha value is -1.30. The predicted octanol–water partition coefficient (Wildman–Crippen LogP) is 1.35. The highest BCUT2D eigenvalue weighted by Crippen LogP contribution is 2.21. The van der Waals surface area contributed by atoms with Crippen LogP contribution in [-0.2, 0) is 9.53 Å². The minimum atomic E-state index is -1.03. The molecule has 0 saturated carbocycles. The molecule has 0 spiro atoms. The number of carboxylic acid groups (broad SMARTS) is 1. The molecule has 0 radical (unpaired) electrons. The summed E-state index contributed by atoms with van der Waals surface area (Å²) in [5, 5.41) is 14.6. The first-order valence-electron chi connectivity index (χ1n) is 6.53. The molecular weight excluding hydrogens is 248 g/mol. The Kier molecular flexibility index (Phi) is 4.79. The molecule has 0 bridgehead atoms. The lowest BCUT2D eigenvalue weighted by atomic mass is 9.87. The quantitative estimate of drug-likeness (QED) is 0.723. The van der Waals surface area contributed by atoms with Crippen LogP contribution < -0.4 is 10.6 Å². The molecule has 6 heteroatoms. The fraction of sp³-hybridized carbons (Fsp3) is 0.846. The summed E-state index contributed by atoms with van der Waals surface area (Å²) in [7, 11) is 0. The van der Waals surface area contributed by atoms with Crippen molar-refractivity contribution in [3.63, 3.8) is 0 Å². The van der Waals surface area contributed by atoms with Crippen LogP contribution in [0.2, 0.25) is 0 Å². The second kappa shape index (κ2) is 5.77. The van der Waals surface area contributed by atoms with E-state index < -0.39 is 23.5 Å². The number of urea groups is 1. The van der Waals surface area contributed by atoms with Crippen LogP contribution >= 0.6 is 0 Å². The number of amides is 2. The van der Waals surface area contributed by atoms with Crippen molar-refractivity contribution in [3.05, 3.63) is 0 Å². The molecule has 0 aliphatic carbocycles. The Balaban J connectivity index is 2.60. The fourth-order valence-electron chi connectivity index (χ4n) is 2.04. The van der Waals surface area contributed by atoms with E-state index in [0.717, 1.165) is 12.8 Å². The van der Waals surface area contributed by atoms with Crippen LogP contribution in [0.5, 0.6) is 0 Å². The third kappa shape index (κ3) is 4.70. The van der Waals surface area contributed by atoms with E-state index in [-0.39, 0.29) is 5.54 Å². The molecule has 0 aromatic heterocycles. The highest BCUT2D eigenvalue weighted by Gasteiger charge is 2.35. The van der Waals surface area contributed by atoms with Gasteiger partial charge >= 0.3 is 12.0 Å². The second-order valence-corrected chi connectivity index (χ2v) is 6.41. The van der Waals surface area contributed by atoms with E-state index in [2.05, 4.69) is 10.6 Å². The van der Waals surface area contributed by atoms with Gasteiger partial charge in [0.05, 0.1) is 0 Å². The first-order chi connectivity index (χ1) is 8.64. The largest absolute Gasteiger partial charge is 0.480 e. The van der Waals surface area contributed by atoms with Crippen molar-refractivity contribution in [2.75, 3.05) is 13.2 Å². The monoisotopic (exact) mass is 272 g/mol. The van der Waals surface area contributed by atoms with Gasteiger partial charge in [-0.25, -0.2) is 9.59 Å². The molecule has 1 fully saturated rings. The Bertz CT molecular complexity index is 343. The summed E-state index contributed by atoms with van der Waals surface area (Å²) in [6.07, 6.45) is 1.46. The lowest BCUT2D eigenvalue weighted by Gasteiger charge is -2.36. The number of aliphatic carboxylic acids is 1. The number of carboxylic acids is 1. The maximum absolute atomic E-state index is 12.0. The standard InChI is InChI=1S/C13H24N2O4/c1-12(2,3)9(10(16)17)14-11(18)15-13(4)5-7-19-8-6-13/h9H,5-8H2,1-4H3,(H,16,17)(H2,14,15,18)/t9-/m1/s1. The van der Waals surface area contributed by atoms with Gasteiger partial charge in [0, 0.05) is 18.8 Å². The molecule has 1 heterocycles. The molecule has 0 aromatic rings. The average molecular weight is 272 g/mol. The Morgan fingerprint density at radius 1 is 1.26 bits per heavy atom. The van der Waals surface area contributed by atoms with Gasteiger partial charge in [-0.05, 0) is 25.2 Å². The van der Waals surface area contributed by atoms with Gasteiger partial charge in [0.25, 0.3) is 0 Å². The summed E-state index contributed by atoms with van der Waals surface area (Å²) in [6, 6.07) is -1.36. The highest BCUT2D eigenvalue weighted by molar-refractivity contribution is 5.83. The number of hydrogen-bond acceptors (Lipinski definition) is 3. The highest BCUT2D eigenvalue weighted by atomic mass is 16.5. The van der Waals surface area contributed by atoms with Crippen LogP contribution in [0.15, 0.2) is 0 Å². The number of hydrogen-bond donors (Lipinski definition) is 3. The lowest BCUT2D eigenvalue weighted by molar-refractivity contribution is -0.141. The molecular formula is C13H24N2O4. The van der Waals surface area contributed by atoms with E-state index >= 15 is 0 Å². The minimum Gasteiger partial charge on any atom is -0.480 e. The summed E-state index contributed by atoms with van der Waals surface area (Å²) >= 11 is 0. The van der Waals surface area contributed by atoms with Crippen LogP contribution in [0.3, 0.4) is 0 Å². The predicted molar refractivity (Wildman–Crippen MR) is 71.0 cm³/mol. The first kappa shape index (κ1) is 15.8. The third-order valence-corrected chi connectivity index (χ3v) is 3.40. The van der Waals surface area contributed by atoms with Crippen LogP contribution in [0, 0.1) is 5.41 Å². The minimum absolute atomic E-state index is 0.330. The average Bonchev–Trinajstić information content (AvgIpc) is 2.24. The summed E-state index contributed by atoms with van der Waals surface area (Å²) in [5.74, 6) is -1.03. The maximum Gasteiger partial charge on any atom is 0.326 e. The normalized spacial score (nSPS) is 20.4. The Morgan fingerprint density at radius 3 is 2.21 bits per heavy atom. The van der Waals surface area contributed by atoms with Crippen molar-refractivity contribution >= 4 is 12.0 Å². The number of ether oxygens (including phenoxy) is 1. The lowest BCUT2D eigenvalue weighted by Crippen LogP contribution is -2.58. The molecule has 1 saturated heterocycles. The molecule has 2 amide bonds. The maximum atomic E-state index is 12.0. The van der Waals surface area contributed by atoms with Crippen molar-refractivity contribution in [1.82, 2.24) is 10.6 Å². The summed E-state index contributed by atoms with van der Waals surface area (Å²) < 4.78 is 5.25. The van der Waals surface area contributed by atoms with Crippen LogP contribution in [-0.4, -0.2) is 41.9 Å². The Labute approximate surface area is 113 Å². The van der Waals surface area contributed by atoms with E-state index in [1.165, 1.54) is 0 Å². The van der Waals surface area contributed by atoms with E-state index in [1.54, 1.807) is 20.8 Å². The molecule has 0 aromatic carbocycles. The van der Waals surface area contributed by atoms with Gasteiger partial charge in [0.1, 0.15) is 6.04 Å². The van der Waals surface area contributed by atoms with E-state index in [4.69, 9.17) is 9.84 Å². The van der Waals surface area contributed by atoms with Crippen LogP contribution in [0.4, 0.5) is 4.79 Å². The van der Waals surface area contributed by atoms with Crippen molar-refractivity contribution in [3.8, 4) is 0 Å². The molecule has 19 heavy (non-hydrogen) atoms. The SMILES string of the molecule is CC1(NC(=O)N[C@H](C(=O)O)C(C)(C)C)CCOCC1. The fourth-order valence-corrected chi connectivity index (χ4v) is 2.04. The van der Waals surface area contributed by atoms with E-state index in [1.807, 2.05) is 6.92 Å². The molecule has 1 atom stereocenters. The molecule has 1 aliphatic heterocycles. The molecule has 0 unspecified atom stereocenters. The Morgan fingerprint density at radius 2 is 1.79 bits per heavy atom. The number of carbonyl (C=O) groups excluding carboxylic acids is 1. The third-order valence-electron chi connectivity index (χ3n) is 3.40. The van der Waals surface area contributed by atoms with Crippen LogP contribution in [0.25, 0.3) is 0 Å². The molecule has 1 aliphatic rings. The second-order valence-electron chi connectivity index (χ2n) is 6.41. The van der Waals surface area contributed by atoms with E-state index in [9.17, 15) is 9.59 Å². The van der Waals surface area contributed by atoms with Gasteiger partial charge in [0.2, 0.25) is 0 Å². The first-order valence-corrected chi connectivity index (χ1v) is 6.53. The van der Waals surface area contributed by atoms with Gasteiger partial charge in [-0.1, -0.05) is 20.8 Å². The summed E-state index contributed by atoms with van der Waals surface area (Å²) in [6.45, 7) is 8.51. The van der Waals surface area contributed by atoms with Gasteiger partial charge in [-0.15, -0.1) is 0 Å². The molecule has 110 valence electrons. The zero-order valence-corrected chi connectivity index (χ0v) is 12.1. The zero-order valence-electron chi connectivity index (χ0n) is 12.1. The number of carbonyl (C=O) groups is 2. The molecule has 1 rings (SSSR count). The zero-order chi connectivity index (χ0) is 14.7. The van der Waals surface area contributed by atoms with Crippen molar-refractivity contribution in [1.29, 1.82) is 0 Å². The van der Waals surface area contributed by atoms with Gasteiger partial charge in [-0.2, -0.15) is 0 Å². The van der Waals surface area contributed by atoms with Crippen molar-refractivity contribution in [2.24, 2.45) is 5.41 Å². The molecule has 3 N–H and O–H groups in total. The summed E-state index contributed by atoms with van der Waals surface area (Å²) in [4.78, 5) is 23.1. The number of nitrogens with one attached hydrogen (secondary N) is 2. The van der Waals surface area contributed by atoms with Gasteiger partial charge in [0.15, 0.2) is 0 Å². The van der Waals surface area contributed by atoms with Gasteiger partial charge in [-0.3, -0.25) is 0 Å². The number of rotatable bonds is 3. The smallest absolute Gasteiger partial charge is 0.326 e.